The zero-order valence-corrected chi connectivity index (χ0v) is 11.4. The summed E-state index contributed by atoms with van der Waals surface area (Å²) in [5.41, 5.74) is 1.00. The molecule has 1 amide bonds. The lowest BCUT2D eigenvalue weighted by molar-refractivity contribution is 0.0229. The predicted octanol–water partition coefficient (Wildman–Crippen LogP) is 2.37. The summed E-state index contributed by atoms with van der Waals surface area (Å²) in [4.78, 5) is 14.1. The predicted molar refractivity (Wildman–Crippen MR) is 71.4 cm³/mol. The summed E-state index contributed by atoms with van der Waals surface area (Å²) in [6, 6.07) is 4.44. The Kier molecular flexibility index (Phi) is 4.20. The number of hydrogen-bond donors (Lipinski definition) is 1. The van der Waals surface area contributed by atoms with Crippen molar-refractivity contribution >= 4 is 5.91 Å². The van der Waals surface area contributed by atoms with Crippen LogP contribution in [0.4, 0.5) is 4.39 Å². The van der Waals surface area contributed by atoms with Crippen LogP contribution in [0.25, 0.3) is 0 Å². The van der Waals surface area contributed by atoms with E-state index >= 15 is 0 Å². The van der Waals surface area contributed by atoms with Gasteiger partial charge in [-0.1, -0.05) is 6.92 Å². The van der Waals surface area contributed by atoms with Crippen LogP contribution in [0.1, 0.15) is 35.7 Å². The third-order valence-corrected chi connectivity index (χ3v) is 3.91. The van der Waals surface area contributed by atoms with Crippen LogP contribution < -0.4 is 0 Å². The van der Waals surface area contributed by atoms with Gasteiger partial charge >= 0.3 is 0 Å². The molecule has 2 unspecified atom stereocenters. The summed E-state index contributed by atoms with van der Waals surface area (Å²) in [6.07, 6.45) is 1.15. The van der Waals surface area contributed by atoms with E-state index in [2.05, 4.69) is 0 Å². The minimum Gasteiger partial charge on any atom is -0.393 e. The largest absolute Gasteiger partial charge is 0.393 e. The zero-order chi connectivity index (χ0) is 14.0. The Bertz CT molecular complexity index is 475. The van der Waals surface area contributed by atoms with Crippen molar-refractivity contribution in [1.29, 1.82) is 0 Å². The highest BCUT2D eigenvalue weighted by atomic mass is 19.1. The number of rotatable bonds is 2. The molecule has 2 atom stereocenters. The Morgan fingerprint density at radius 2 is 2.26 bits per heavy atom. The summed E-state index contributed by atoms with van der Waals surface area (Å²) in [7, 11) is 0. The first kappa shape index (κ1) is 14.0. The van der Waals surface area contributed by atoms with E-state index in [9.17, 15) is 14.3 Å². The average Bonchev–Trinajstić information content (AvgIpc) is 2.41. The first-order chi connectivity index (χ1) is 9.02. The molecule has 0 aromatic heterocycles. The second-order valence-electron chi connectivity index (χ2n) is 5.24. The smallest absolute Gasteiger partial charge is 0.253 e. The van der Waals surface area contributed by atoms with Gasteiger partial charge in [0.25, 0.3) is 5.91 Å². The first-order valence-electron chi connectivity index (χ1n) is 6.76. The molecule has 4 heteroatoms. The van der Waals surface area contributed by atoms with Crippen LogP contribution in [0.3, 0.4) is 0 Å². The third-order valence-electron chi connectivity index (χ3n) is 3.91. The molecular formula is C15H20FNO2. The summed E-state index contributed by atoms with van der Waals surface area (Å²) in [5.74, 6) is -0.232. The number of nitrogens with zero attached hydrogens (tertiary/aromatic N) is 1. The Labute approximate surface area is 113 Å². The lowest BCUT2D eigenvalue weighted by Crippen LogP contribution is -2.45. The number of benzene rings is 1. The number of aryl methyl sites for hydroxylation is 1. The van der Waals surface area contributed by atoms with Crippen molar-refractivity contribution in [1.82, 2.24) is 4.90 Å². The molecule has 0 saturated carbocycles. The molecule has 0 bridgehead atoms. The van der Waals surface area contributed by atoms with Crippen LogP contribution >= 0.6 is 0 Å². The van der Waals surface area contributed by atoms with Gasteiger partial charge in [0.2, 0.25) is 0 Å². The molecule has 2 rings (SSSR count). The molecule has 0 radical (unpaired) electrons. The van der Waals surface area contributed by atoms with Crippen LogP contribution in [0.15, 0.2) is 18.2 Å². The van der Waals surface area contributed by atoms with E-state index in [1.807, 2.05) is 6.92 Å². The number of halogens is 1. The van der Waals surface area contributed by atoms with Crippen molar-refractivity contribution in [2.24, 2.45) is 5.92 Å². The van der Waals surface area contributed by atoms with Gasteiger partial charge in [-0.2, -0.15) is 0 Å². The van der Waals surface area contributed by atoms with E-state index < -0.39 is 0 Å². The molecule has 0 aliphatic carbocycles. The van der Waals surface area contributed by atoms with Crippen molar-refractivity contribution in [2.45, 2.75) is 32.8 Å². The number of carbonyl (C=O) groups excluding carboxylic acids is 1. The molecule has 1 aliphatic heterocycles. The van der Waals surface area contributed by atoms with Gasteiger partial charge < -0.3 is 10.0 Å². The first-order valence-corrected chi connectivity index (χ1v) is 6.76. The maximum atomic E-state index is 13.2. The fourth-order valence-electron chi connectivity index (χ4n) is 2.57. The van der Waals surface area contributed by atoms with Gasteiger partial charge in [0.1, 0.15) is 5.82 Å². The van der Waals surface area contributed by atoms with Gasteiger partial charge in [-0.25, -0.2) is 4.39 Å². The number of carbonyl (C=O) groups is 1. The van der Waals surface area contributed by atoms with Gasteiger partial charge in [0.15, 0.2) is 0 Å². The molecule has 104 valence electrons. The van der Waals surface area contributed by atoms with Crippen molar-refractivity contribution in [3.05, 3.63) is 35.1 Å². The van der Waals surface area contributed by atoms with E-state index in [1.54, 1.807) is 17.9 Å². The van der Waals surface area contributed by atoms with E-state index in [1.165, 1.54) is 12.1 Å². The Balaban J connectivity index is 2.13. The van der Waals surface area contributed by atoms with Gasteiger partial charge in [-0.3, -0.25) is 4.79 Å². The molecule has 1 N–H and O–H groups in total. The number of piperidine rings is 1. The Hall–Kier alpha value is -1.42. The normalized spacial score (nSPS) is 23.5. The number of amides is 1. The molecular weight excluding hydrogens is 245 g/mol. The van der Waals surface area contributed by atoms with Crippen LogP contribution in [0.5, 0.6) is 0 Å². The molecule has 1 fully saturated rings. The number of hydrogen-bond acceptors (Lipinski definition) is 2. The summed E-state index contributed by atoms with van der Waals surface area (Å²) < 4.78 is 13.2. The maximum absolute atomic E-state index is 13.2. The number of likely N-dealkylation sites (tertiary alicyclic amines) is 1. The Morgan fingerprint density at radius 1 is 1.53 bits per heavy atom. The molecule has 0 spiro atoms. The van der Waals surface area contributed by atoms with Gasteiger partial charge in [0, 0.05) is 24.6 Å². The Morgan fingerprint density at radius 3 is 2.89 bits per heavy atom. The van der Waals surface area contributed by atoms with Crippen LogP contribution in [0.2, 0.25) is 0 Å². The maximum Gasteiger partial charge on any atom is 0.253 e. The number of aliphatic hydroxyl groups excluding tert-OH is 1. The molecule has 1 aromatic carbocycles. The SMILES string of the molecule is CCC1CN(C(=O)c2ccc(F)c(C)c2)CCC1O. The van der Waals surface area contributed by atoms with E-state index in [-0.39, 0.29) is 23.7 Å². The number of aliphatic hydroxyl groups is 1. The summed E-state index contributed by atoms with van der Waals surface area (Å²) in [5, 5.41) is 9.83. The van der Waals surface area contributed by atoms with E-state index in [0.717, 1.165) is 6.42 Å². The minimum atomic E-state index is -0.316. The van der Waals surface area contributed by atoms with Gasteiger partial charge in [-0.15, -0.1) is 0 Å². The van der Waals surface area contributed by atoms with Crippen molar-refractivity contribution in [3.8, 4) is 0 Å². The highest BCUT2D eigenvalue weighted by Gasteiger charge is 2.29. The van der Waals surface area contributed by atoms with Crippen molar-refractivity contribution < 1.29 is 14.3 Å². The van der Waals surface area contributed by atoms with Crippen LogP contribution in [-0.2, 0) is 0 Å². The van der Waals surface area contributed by atoms with E-state index in [0.29, 0.717) is 30.6 Å². The summed E-state index contributed by atoms with van der Waals surface area (Å²) >= 11 is 0. The lowest BCUT2D eigenvalue weighted by atomic mass is 9.92. The molecule has 19 heavy (non-hydrogen) atoms. The fraction of sp³-hybridized carbons (Fsp3) is 0.533. The lowest BCUT2D eigenvalue weighted by Gasteiger charge is -2.35. The van der Waals surface area contributed by atoms with Gasteiger partial charge in [0.05, 0.1) is 6.10 Å². The van der Waals surface area contributed by atoms with Crippen molar-refractivity contribution in [3.63, 3.8) is 0 Å². The second-order valence-corrected chi connectivity index (χ2v) is 5.24. The monoisotopic (exact) mass is 265 g/mol. The quantitative estimate of drug-likeness (QED) is 0.891. The second kappa shape index (κ2) is 5.70. The topological polar surface area (TPSA) is 40.5 Å². The van der Waals surface area contributed by atoms with E-state index in [4.69, 9.17) is 0 Å². The standard InChI is InChI=1S/C15H20FNO2/c1-3-11-9-17(7-6-14(11)18)15(19)12-4-5-13(16)10(2)8-12/h4-5,8,11,14,18H,3,6-7,9H2,1-2H3. The summed E-state index contributed by atoms with van der Waals surface area (Å²) in [6.45, 7) is 4.81. The molecule has 1 saturated heterocycles. The highest BCUT2D eigenvalue weighted by Crippen LogP contribution is 2.22. The molecule has 1 aromatic rings. The highest BCUT2D eigenvalue weighted by molar-refractivity contribution is 5.94. The third kappa shape index (κ3) is 2.95. The van der Waals surface area contributed by atoms with Gasteiger partial charge in [-0.05, 0) is 43.5 Å². The average molecular weight is 265 g/mol. The fourth-order valence-corrected chi connectivity index (χ4v) is 2.57. The minimum absolute atomic E-state index is 0.0755. The molecule has 3 nitrogen and oxygen atoms in total. The van der Waals surface area contributed by atoms with Crippen LogP contribution in [-0.4, -0.2) is 35.1 Å². The zero-order valence-electron chi connectivity index (χ0n) is 11.4. The van der Waals surface area contributed by atoms with Crippen molar-refractivity contribution in [2.75, 3.05) is 13.1 Å². The van der Waals surface area contributed by atoms with Crippen LogP contribution in [0, 0.1) is 18.7 Å². The molecule has 1 heterocycles. The molecule has 1 aliphatic rings.